The van der Waals surface area contributed by atoms with Gasteiger partial charge in [0.05, 0.1) is 26.4 Å². The highest BCUT2D eigenvalue weighted by Gasteiger charge is 2.18. The number of aliphatic hydroxyl groups is 2. The molecule has 2 aromatic rings. The third-order valence-electron chi connectivity index (χ3n) is 3.76. The molecule has 4 heteroatoms. The number of aliphatic hydroxyl groups excluding tert-OH is 2. The summed E-state index contributed by atoms with van der Waals surface area (Å²) >= 11 is 0. The minimum Gasteiger partial charge on any atom is -0.392 e. The maximum atomic E-state index is 9.12. The Bertz CT molecular complexity index is 593. The molecule has 4 nitrogen and oxygen atoms in total. The van der Waals surface area contributed by atoms with E-state index in [1.54, 1.807) is 24.3 Å². The van der Waals surface area contributed by atoms with Crippen LogP contribution in [0.15, 0.2) is 85.0 Å². The zero-order chi connectivity index (χ0) is 18.5. The molecule has 2 unspecified atom stereocenters. The maximum absolute atomic E-state index is 9.12. The minimum atomic E-state index is -0.381. The Morgan fingerprint density at radius 1 is 0.654 bits per heavy atom. The SMILES string of the molecule is OC/C=C/C(OCc1ccccc1)C(/C=C/CO)OCc1ccccc1. The molecule has 138 valence electrons. The van der Waals surface area contributed by atoms with Gasteiger partial charge in [-0.1, -0.05) is 85.0 Å². The Kier molecular flexibility index (Phi) is 9.40. The molecule has 2 atom stereocenters. The predicted octanol–water partition coefficient (Wildman–Crippen LogP) is 3.25. The van der Waals surface area contributed by atoms with Crippen LogP contribution in [0.5, 0.6) is 0 Å². The fourth-order valence-electron chi connectivity index (χ4n) is 2.44. The monoisotopic (exact) mass is 354 g/mol. The minimum absolute atomic E-state index is 0.0691. The zero-order valence-corrected chi connectivity index (χ0v) is 14.8. The molecule has 0 amide bonds. The van der Waals surface area contributed by atoms with E-state index in [0.717, 1.165) is 11.1 Å². The van der Waals surface area contributed by atoms with Crippen molar-refractivity contribution in [3.05, 3.63) is 96.1 Å². The van der Waals surface area contributed by atoms with Crippen LogP contribution in [0.2, 0.25) is 0 Å². The summed E-state index contributed by atoms with van der Waals surface area (Å²) in [7, 11) is 0. The first-order valence-corrected chi connectivity index (χ1v) is 8.69. The average Bonchev–Trinajstić information content (AvgIpc) is 2.70. The number of benzene rings is 2. The van der Waals surface area contributed by atoms with Crippen molar-refractivity contribution in [3.63, 3.8) is 0 Å². The van der Waals surface area contributed by atoms with Crippen LogP contribution >= 0.6 is 0 Å². The van der Waals surface area contributed by atoms with Crippen molar-refractivity contribution in [2.45, 2.75) is 25.4 Å². The standard InChI is InChI=1S/C22H26O4/c23-15-7-13-21(25-17-19-9-3-1-4-10-19)22(14-8-16-24)26-18-20-11-5-2-6-12-20/h1-14,21-24H,15-18H2/b13-7+,14-8+. The molecule has 0 bridgehead atoms. The predicted molar refractivity (Wildman–Crippen MR) is 102 cm³/mol. The first kappa shape index (κ1) is 20.1. The Hall–Kier alpha value is -2.24. The van der Waals surface area contributed by atoms with Crippen LogP contribution in [0.3, 0.4) is 0 Å². The lowest BCUT2D eigenvalue weighted by atomic mass is 10.1. The van der Waals surface area contributed by atoms with Crippen molar-refractivity contribution < 1.29 is 19.7 Å². The molecule has 0 heterocycles. The van der Waals surface area contributed by atoms with Gasteiger partial charge in [0.1, 0.15) is 12.2 Å². The summed E-state index contributed by atoms with van der Waals surface area (Å²) in [6.45, 7) is 0.722. The Labute approximate surface area is 155 Å². The molecular formula is C22H26O4. The van der Waals surface area contributed by atoms with E-state index < -0.39 is 0 Å². The molecule has 0 aromatic heterocycles. The molecule has 2 N–H and O–H groups in total. The summed E-state index contributed by atoms with van der Waals surface area (Å²) in [6, 6.07) is 19.8. The number of hydrogen-bond acceptors (Lipinski definition) is 4. The van der Waals surface area contributed by atoms with Gasteiger partial charge in [0.15, 0.2) is 0 Å². The van der Waals surface area contributed by atoms with Crippen LogP contribution in [0.4, 0.5) is 0 Å². The van der Waals surface area contributed by atoms with Gasteiger partial charge in [-0.2, -0.15) is 0 Å². The highest BCUT2D eigenvalue weighted by molar-refractivity contribution is 5.15. The molecular weight excluding hydrogens is 328 g/mol. The van der Waals surface area contributed by atoms with Gasteiger partial charge in [-0.15, -0.1) is 0 Å². The summed E-state index contributed by atoms with van der Waals surface area (Å²) in [5.41, 5.74) is 2.12. The fourth-order valence-corrected chi connectivity index (χ4v) is 2.44. The van der Waals surface area contributed by atoms with Crippen LogP contribution in [-0.4, -0.2) is 35.6 Å². The third-order valence-corrected chi connectivity index (χ3v) is 3.76. The largest absolute Gasteiger partial charge is 0.392 e. The van der Waals surface area contributed by atoms with E-state index in [9.17, 15) is 0 Å². The van der Waals surface area contributed by atoms with Crippen molar-refractivity contribution in [2.24, 2.45) is 0 Å². The number of rotatable bonds is 11. The lowest BCUT2D eigenvalue weighted by Gasteiger charge is -2.23. The summed E-state index contributed by atoms with van der Waals surface area (Å²) in [4.78, 5) is 0. The van der Waals surface area contributed by atoms with E-state index in [4.69, 9.17) is 19.7 Å². The van der Waals surface area contributed by atoms with Crippen LogP contribution in [0, 0.1) is 0 Å². The van der Waals surface area contributed by atoms with Gasteiger partial charge in [-0.05, 0) is 11.1 Å². The third kappa shape index (κ3) is 7.33. The first-order chi connectivity index (χ1) is 12.8. The lowest BCUT2D eigenvalue weighted by molar-refractivity contribution is -0.0424. The molecule has 0 saturated heterocycles. The highest BCUT2D eigenvalue weighted by atomic mass is 16.5. The van der Waals surface area contributed by atoms with E-state index >= 15 is 0 Å². The van der Waals surface area contributed by atoms with Crippen LogP contribution in [0.25, 0.3) is 0 Å². The van der Waals surface area contributed by atoms with Gasteiger partial charge < -0.3 is 19.7 Å². The second kappa shape index (κ2) is 12.2. The van der Waals surface area contributed by atoms with Crippen molar-refractivity contribution in [1.82, 2.24) is 0 Å². The number of hydrogen-bond donors (Lipinski definition) is 2. The molecule has 0 spiro atoms. The van der Waals surface area contributed by atoms with Crippen LogP contribution in [0.1, 0.15) is 11.1 Å². The number of ether oxygens (including phenoxy) is 2. The smallest absolute Gasteiger partial charge is 0.106 e. The van der Waals surface area contributed by atoms with Crippen molar-refractivity contribution in [3.8, 4) is 0 Å². The van der Waals surface area contributed by atoms with E-state index in [1.807, 2.05) is 60.7 Å². The summed E-state index contributed by atoms with van der Waals surface area (Å²) in [6.07, 6.45) is 6.10. The highest BCUT2D eigenvalue weighted by Crippen LogP contribution is 2.14. The van der Waals surface area contributed by atoms with Gasteiger partial charge in [0.25, 0.3) is 0 Å². The molecule has 0 aliphatic carbocycles. The Balaban J connectivity index is 2.06. The summed E-state index contributed by atoms with van der Waals surface area (Å²) in [5, 5.41) is 18.2. The molecule has 2 aromatic carbocycles. The Morgan fingerprint density at radius 3 is 1.38 bits per heavy atom. The average molecular weight is 354 g/mol. The molecule has 26 heavy (non-hydrogen) atoms. The van der Waals surface area contributed by atoms with Gasteiger partial charge in [-0.25, -0.2) is 0 Å². The molecule has 0 aliphatic rings. The normalized spacial score (nSPS) is 14.1. The second-order valence-corrected chi connectivity index (χ2v) is 5.74. The quantitative estimate of drug-likeness (QED) is 0.608. The lowest BCUT2D eigenvalue weighted by Crippen LogP contribution is -2.28. The van der Waals surface area contributed by atoms with Crippen LogP contribution < -0.4 is 0 Å². The molecule has 2 rings (SSSR count). The summed E-state index contributed by atoms with van der Waals surface area (Å²) in [5.74, 6) is 0. The van der Waals surface area contributed by atoms with Crippen molar-refractivity contribution in [1.29, 1.82) is 0 Å². The first-order valence-electron chi connectivity index (χ1n) is 8.69. The summed E-state index contributed by atoms with van der Waals surface area (Å²) < 4.78 is 12.0. The van der Waals surface area contributed by atoms with Gasteiger partial charge in [-0.3, -0.25) is 0 Å². The van der Waals surface area contributed by atoms with E-state index in [2.05, 4.69) is 0 Å². The molecule has 0 aliphatic heterocycles. The van der Waals surface area contributed by atoms with E-state index in [0.29, 0.717) is 13.2 Å². The maximum Gasteiger partial charge on any atom is 0.106 e. The van der Waals surface area contributed by atoms with Crippen molar-refractivity contribution in [2.75, 3.05) is 13.2 Å². The fraction of sp³-hybridized carbons (Fsp3) is 0.273. The van der Waals surface area contributed by atoms with Gasteiger partial charge in [0.2, 0.25) is 0 Å². The topological polar surface area (TPSA) is 58.9 Å². The van der Waals surface area contributed by atoms with E-state index in [1.165, 1.54) is 0 Å². The van der Waals surface area contributed by atoms with Gasteiger partial charge in [0, 0.05) is 0 Å². The van der Waals surface area contributed by atoms with E-state index in [-0.39, 0.29) is 25.4 Å². The van der Waals surface area contributed by atoms with Gasteiger partial charge >= 0.3 is 0 Å². The molecule has 0 fully saturated rings. The zero-order valence-electron chi connectivity index (χ0n) is 14.8. The van der Waals surface area contributed by atoms with Crippen LogP contribution in [-0.2, 0) is 22.7 Å². The molecule has 0 radical (unpaired) electrons. The van der Waals surface area contributed by atoms with Crippen molar-refractivity contribution >= 4 is 0 Å². The molecule has 0 saturated carbocycles. The Morgan fingerprint density at radius 2 is 1.04 bits per heavy atom. The second-order valence-electron chi connectivity index (χ2n) is 5.74.